The zero-order chi connectivity index (χ0) is 20.9. The van der Waals surface area contributed by atoms with Crippen molar-refractivity contribution in [1.82, 2.24) is 10.2 Å². The van der Waals surface area contributed by atoms with Crippen molar-refractivity contribution >= 4 is 5.91 Å². The molecule has 2 aliphatic rings. The highest BCUT2D eigenvalue weighted by atomic mass is 16.5. The van der Waals surface area contributed by atoms with Crippen LogP contribution < -0.4 is 14.8 Å². The molecular weight excluding hydrogens is 376 g/mol. The van der Waals surface area contributed by atoms with Crippen LogP contribution in [0, 0.1) is 5.92 Å². The highest BCUT2D eigenvalue weighted by Gasteiger charge is 2.37. The largest absolute Gasteiger partial charge is 0.497 e. The van der Waals surface area contributed by atoms with Crippen LogP contribution in [0.1, 0.15) is 42.7 Å². The van der Waals surface area contributed by atoms with E-state index in [1.165, 1.54) is 5.56 Å². The first kappa shape index (κ1) is 20.7. The minimum atomic E-state index is 0.0582. The first-order chi connectivity index (χ1) is 14.7. The molecule has 0 spiro atoms. The quantitative estimate of drug-likeness (QED) is 0.753. The summed E-state index contributed by atoms with van der Waals surface area (Å²) in [5.41, 5.74) is 2.39. The number of nitrogens with zero attached hydrogens (tertiary/aromatic N) is 1. The van der Waals surface area contributed by atoms with Gasteiger partial charge in [-0.25, -0.2) is 0 Å². The van der Waals surface area contributed by atoms with Crippen molar-refractivity contribution in [2.45, 2.75) is 44.2 Å². The fourth-order valence-electron chi connectivity index (χ4n) is 4.94. The number of ether oxygens (including phenoxy) is 2. The third-order valence-corrected chi connectivity index (χ3v) is 6.53. The number of carbonyl (C=O) groups excluding carboxylic acids is 1. The lowest BCUT2D eigenvalue weighted by Crippen LogP contribution is -2.42. The van der Waals surface area contributed by atoms with Crippen LogP contribution in [0.4, 0.5) is 0 Å². The molecule has 0 unspecified atom stereocenters. The number of rotatable bonds is 7. The molecule has 1 aliphatic heterocycles. The van der Waals surface area contributed by atoms with Gasteiger partial charge in [0.2, 0.25) is 5.91 Å². The molecule has 1 saturated heterocycles. The molecule has 1 saturated carbocycles. The van der Waals surface area contributed by atoms with Crippen molar-refractivity contribution in [2.24, 2.45) is 5.92 Å². The summed E-state index contributed by atoms with van der Waals surface area (Å²) >= 11 is 0. The molecule has 0 radical (unpaired) electrons. The minimum Gasteiger partial charge on any atom is -0.497 e. The van der Waals surface area contributed by atoms with E-state index in [4.69, 9.17) is 9.47 Å². The molecule has 1 amide bonds. The van der Waals surface area contributed by atoms with Gasteiger partial charge in [-0.3, -0.25) is 9.69 Å². The van der Waals surface area contributed by atoms with Crippen LogP contribution in [0.15, 0.2) is 48.5 Å². The molecular formula is C25H32N2O3. The third kappa shape index (κ3) is 4.62. The van der Waals surface area contributed by atoms with Crippen LogP contribution in [-0.2, 0) is 11.3 Å². The first-order valence-electron chi connectivity index (χ1n) is 11.0. The van der Waals surface area contributed by atoms with E-state index in [0.29, 0.717) is 0 Å². The molecule has 0 bridgehead atoms. The molecule has 160 valence electrons. The van der Waals surface area contributed by atoms with Crippen molar-refractivity contribution in [1.29, 1.82) is 0 Å². The summed E-state index contributed by atoms with van der Waals surface area (Å²) in [5.74, 6) is 2.20. The third-order valence-electron chi connectivity index (χ3n) is 6.53. The Balaban J connectivity index is 1.58. The molecule has 30 heavy (non-hydrogen) atoms. The van der Waals surface area contributed by atoms with Gasteiger partial charge in [0, 0.05) is 43.1 Å². The summed E-state index contributed by atoms with van der Waals surface area (Å²) in [6, 6.07) is 16.5. The van der Waals surface area contributed by atoms with Gasteiger partial charge < -0.3 is 14.8 Å². The molecule has 2 aromatic rings. The van der Waals surface area contributed by atoms with Crippen LogP contribution in [0.25, 0.3) is 0 Å². The van der Waals surface area contributed by atoms with E-state index in [1.54, 1.807) is 14.2 Å². The van der Waals surface area contributed by atoms with Gasteiger partial charge in [0.1, 0.15) is 11.5 Å². The minimum absolute atomic E-state index is 0.0582. The molecule has 1 heterocycles. The highest BCUT2D eigenvalue weighted by Crippen LogP contribution is 2.37. The second-order valence-electron chi connectivity index (χ2n) is 8.49. The van der Waals surface area contributed by atoms with Crippen LogP contribution in [0.2, 0.25) is 0 Å². The Bertz CT molecular complexity index is 849. The van der Waals surface area contributed by atoms with Crippen molar-refractivity contribution in [3.05, 3.63) is 59.7 Å². The van der Waals surface area contributed by atoms with Gasteiger partial charge in [-0.05, 0) is 36.6 Å². The predicted octanol–water partition coefficient (Wildman–Crippen LogP) is 3.98. The van der Waals surface area contributed by atoms with Crippen LogP contribution in [-0.4, -0.2) is 44.2 Å². The molecule has 1 aliphatic carbocycles. The Morgan fingerprint density at radius 3 is 2.50 bits per heavy atom. The van der Waals surface area contributed by atoms with E-state index in [1.807, 2.05) is 18.2 Å². The number of amides is 1. The average molecular weight is 409 g/mol. The van der Waals surface area contributed by atoms with E-state index >= 15 is 0 Å². The summed E-state index contributed by atoms with van der Waals surface area (Å²) < 4.78 is 11.2. The standard InChI is InChI=1S/C25H32N2O3/c1-29-20-12-13-24(30-2)21(14-20)22-16-27(15-18-8-4-3-5-9-18)17-23(22)26-25(28)19-10-6-7-11-19/h3-5,8-9,12-14,19,22-23H,6-7,10-11,15-17H2,1-2H3,(H,26,28)/t22-,23+/m0/s1. The molecule has 2 aromatic carbocycles. The van der Waals surface area contributed by atoms with E-state index in [9.17, 15) is 4.79 Å². The summed E-state index contributed by atoms with van der Waals surface area (Å²) in [7, 11) is 3.38. The van der Waals surface area contributed by atoms with E-state index in [2.05, 4.69) is 40.5 Å². The van der Waals surface area contributed by atoms with Gasteiger partial charge in [-0.1, -0.05) is 43.2 Å². The van der Waals surface area contributed by atoms with Crippen molar-refractivity contribution in [2.75, 3.05) is 27.3 Å². The van der Waals surface area contributed by atoms with Crippen LogP contribution in [0.5, 0.6) is 11.5 Å². The summed E-state index contributed by atoms with van der Waals surface area (Å²) in [6.45, 7) is 2.58. The Morgan fingerprint density at radius 2 is 1.80 bits per heavy atom. The van der Waals surface area contributed by atoms with Crippen molar-refractivity contribution < 1.29 is 14.3 Å². The van der Waals surface area contributed by atoms with Gasteiger partial charge in [-0.15, -0.1) is 0 Å². The van der Waals surface area contributed by atoms with Crippen molar-refractivity contribution in [3.63, 3.8) is 0 Å². The van der Waals surface area contributed by atoms with E-state index in [0.717, 1.165) is 62.4 Å². The molecule has 5 heteroatoms. The smallest absolute Gasteiger partial charge is 0.223 e. The zero-order valence-corrected chi connectivity index (χ0v) is 18.0. The van der Waals surface area contributed by atoms with Gasteiger partial charge in [-0.2, -0.15) is 0 Å². The fourth-order valence-corrected chi connectivity index (χ4v) is 4.94. The first-order valence-corrected chi connectivity index (χ1v) is 11.0. The number of nitrogens with one attached hydrogen (secondary N) is 1. The topological polar surface area (TPSA) is 50.8 Å². The molecule has 0 aromatic heterocycles. The lowest BCUT2D eigenvalue weighted by atomic mass is 9.92. The van der Waals surface area contributed by atoms with Gasteiger partial charge in [0.15, 0.2) is 0 Å². The molecule has 1 N–H and O–H groups in total. The maximum atomic E-state index is 12.9. The highest BCUT2D eigenvalue weighted by molar-refractivity contribution is 5.79. The normalized spacial score (nSPS) is 22.2. The van der Waals surface area contributed by atoms with Gasteiger partial charge >= 0.3 is 0 Å². The maximum absolute atomic E-state index is 12.9. The number of carbonyl (C=O) groups is 1. The molecule has 4 rings (SSSR count). The number of hydrogen-bond donors (Lipinski definition) is 1. The van der Waals surface area contributed by atoms with E-state index in [-0.39, 0.29) is 23.8 Å². The molecule has 5 nitrogen and oxygen atoms in total. The molecule has 2 atom stereocenters. The lowest BCUT2D eigenvalue weighted by molar-refractivity contribution is -0.125. The SMILES string of the molecule is COc1ccc(OC)c([C@@H]2CN(Cc3ccccc3)C[C@H]2NC(=O)C2CCCC2)c1. The zero-order valence-electron chi connectivity index (χ0n) is 18.0. The lowest BCUT2D eigenvalue weighted by Gasteiger charge is -2.24. The summed E-state index contributed by atoms with van der Waals surface area (Å²) in [4.78, 5) is 15.4. The maximum Gasteiger partial charge on any atom is 0.223 e. The monoisotopic (exact) mass is 408 g/mol. The number of benzene rings is 2. The van der Waals surface area contributed by atoms with Gasteiger partial charge in [0.05, 0.1) is 14.2 Å². The number of likely N-dealkylation sites (tertiary alicyclic amines) is 1. The number of hydrogen-bond acceptors (Lipinski definition) is 4. The van der Waals surface area contributed by atoms with E-state index < -0.39 is 0 Å². The Morgan fingerprint density at radius 1 is 1.03 bits per heavy atom. The summed E-state index contributed by atoms with van der Waals surface area (Å²) in [5, 5.41) is 3.40. The predicted molar refractivity (Wildman–Crippen MR) is 118 cm³/mol. The Labute approximate surface area is 179 Å². The van der Waals surface area contributed by atoms with Crippen molar-refractivity contribution in [3.8, 4) is 11.5 Å². The molecule has 2 fully saturated rings. The summed E-state index contributed by atoms with van der Waals surface area (Å²) in [6.07, 6.45) is 4.35. The second kappa shape index (κ2) is 9.52. The Kier molecular flexibility index (Phi) is 6.58. The fraction of sp³-hybridized carbons (Fsp3) is 0.480. The number of methoxy groups -OCH3 is 2. The van der Waals surface area contributed by atoms with Gasteiger partial charge in [0.25, 0.3) is 0 Å². The van der Waals surface area contributed by atoms with Crippen LogP contribution >= 0.6 is 0 Å². The average Bonchev–Trinajstić information content (AvgIpc) is 3.44. The second-order valence-corrected chi connectivity index (χ2v) is 8.49. The van der Waals surface area contributed by atoms with Crippen LogP contribution in [0.3, 0.4) is 0 Å². The Hall–Kier alpha value is -2.53.